The average Bonchev–Trinajstić information content (AvgIpc) is 2.48. The van der Waals surface area contributed by atoms with E-state index in [-0.39, 0.29) is 30.4 Å². The number of halogens is 1. The van der Waals surface area contributed by atoms with Gasteiger partial charge >= 0.3 is 0 Å². The maximum atomic E-state index is 14.1. The van der Waals surface area contributed by atoms with Gasteiger partial charge in [-0.05, 0) is 38.9 Å². The van der Waals surface area contributed by atoms with Crippen LogP contribution in [0.2, 0.25) is 0 Å². The molecule has 120 valence electrons. The standard InChI is InChI=1S/C17H29FN2O/c1-5-10-19-17(15-8-6-7-9-16(15)18)13(2)11-20(4)14(3)12-21/h6-9,13-14,17,19,21H,5,10-12H2,1-4H3. The second-order valence-corrected chi connectivity index (χ2v) is 5.90. The Bertz CT molecular complexity index is 414. The predicted molar refractivity (Wildman–Crippen MR) is 85.8 cm³/mol. The van der Waals surface area contributed by atoms with Crippen LogP contribution < -0.4 is 5.32 Å². The van der Waals surface area contributed by atoms with Crippen LogP contribution in [0.4, 0.5) is 4.39 Å². The molecule has 0 fully saturated rings. The van der Waals surface area contributed by atoms with Crippen LogP contribution in [0.15, 0.2) is 24.3 Å². The number of nitrogens with one attached hydrogen (secondary N) is 1. The minimum absolute atomic E-state index is 0.0144. The van der Waals surface area contributed by atoms with Gasteiger partial charge < -0.3 is 15.3 Å². The quantitative estimate of drug-likeness (QED) is 0.735. The SMILES string of the molecule is CCCNC(c1ccccc1F)C(C)CN(C)C(C)CO. The zero-order valence-corrected chi connectivity index (χ0v) is 13.6. The van der Waals surface area contributed by atoms with E-state index >= 15 is 0 Å². The van der Waals surface area contributed by atoms with E-state index in [1.54, 1.807) is 6.07 Å². The van der Waals surface area contributed by atoms with Crippen LogP contribution in [0.5, 0.6) is 0 Å². The van der Waals surface area contributed by atoms with E-state index in [2.05, 4.69) is 24.1 Å². The number of likely N-dealkylation sites (N-methyl/N-ethyl adjacent to an activating group) is 1. The van der Waals surface area contributed by atoms with Gasteiger partial charge in [-0.3, -0.25) is 0 Å². The Kier molecular flexibility index (Phi) is 7.86. The molecule has 0 bridgehead atoms. The molecule has 0 saturated carbocycles. The van der Waals surface area contributed by atoms with E-state index in [4.69, 9.17) is 0 Å². The Labute approximate surface area is 128 Å². The summed E-state index contributed by atoms with van der Waals surface area (Å²) in [6.07, 6.45) is 1.01. The van der Waals surface area contributed by atoms with Gasteiger partial charge in [-0.25, -0.2) is 4.39 Å². The van der Waals surface area contributed by atoms with E-state index in [1.807, 2.05) is 26.1 Å². The first-order valence-corrected chi connectivity index (χ1v) is 7.80. The van der Waals surface area contributed by atoms with E-state index < -0.39 is 0 Å². The average molecular weight is 296 g/mol. The number of nitrogens with zero attached hydrogens (tertiary/aromatic N) is 1. The van der Waals surface area contributed by atoms with Gasteiger partial charge in [-0.1, -0.05) is 32.0 Å². The lowest BCUT2D eigenvalue weighted by Crippen LogP contribution is -2.39. The van der Waals surface area contributed by atoms with Crippen LogP contribution in [0.1, 0.15) is 38.8 Å². The highest BCUT2D eigenvalue weighted by Crippen LogP contribution is 2.25. The molecule has 0 aliphatic carbocycles. The van der Waals surface area contributed by atoms with E-state index in [9.17, 15) is 9.50 Å². The first-order valence-electron chi connectivity index (χ1n) is 7.80. The Hall–Kier alpha value is -0.970. The fraction of sp³-hybridized carbons (Fsp3) is 0.647. The van der Waals surface area contributed by atoms with Crippen molar-refractivity contribution in [3.63, 3.8) is 0 Å². The van der Waals surface area contributed by atoms with E-state index in [0.29, 0.717) is 0 Å². The summed E-state index contributed by atoms with van der Waals surface area (Å²) >= 11 is 0. The predicted octanol–water partition coefficient (Wildman–Crippen LogP) is 2.82. The normalized spacial score (nSPS) is 16.0. The molecule has 0 amide bonds. The molecule has 1 aromatic carbocycles. The number of aliphatic hydroxyl groups is 1. The van der Waals surface area contributed by atoms with Gasteiger partial charge in [0.15, 0.2) is 0 Å². The highest BCUT2D eigenvalue weighted by Gasteiger charge is 2.23. The van der Waals surface area contributed by atoms with Crippen LogP contribution in [0, 0.1) is 11.7 Å². The van der Waals surface area contributed by atoms with Crippen LogP contribution in [-0.4, -0.2) is 42.8 Å². The van der Waals surface area contributed by atoms with Crippen molar-refractivity contribution in [2.45, 2.75) is 39.3 Å². The molecule has 0 saturated heterocycles. The Morgan fingerprint density at radius 2 is 1.95 bits per heavy atom. The highest BCUT2D eigenvalue weighted by atomic mass is 19.1. The summed E-state index contributed by atoms with van der Waals surface area (Å²) in [5, 5.41) is 12.7. The first kappa shape index (κ1) is 18.1. The molecule has 4 heteroatoms. The van der Waals surface area contributed by atoms with Gasteiger partial charge in [0.25, 0.3) is 0 Å². The molecule has 2 N–H and O–H groups in total. The Morgan fingerprint density at radius 1 is 1.29 bits per heavy atom. The molecular formula is C17H29FN2O. The molecule has 3 nitrogen and oxygen atoms in total. The zero-order valence-electron chi connectivity index (χ0n) is 13.6. The number of hydrogen-bond donors (Lipinski definition) is 2. The molecule has 0 radical (unpaired) electrons. The van der Waals surface area contributed by atoms with Gasteiger partial charge in [-0.2, -0.15) is 0 Å². The summed E-state index contributed by atoms with van der Waals surface area (Å²) in [7, 11) is 2.00. The van der Waals surface area contributed by atoms with Crippen LogP contribution in [0.3, 0.4) is 0 Å². The molecule has 0 heterocycles. The molecule has 21 heavy (non-hydrogen) atoms. The fourth-order valence-electron chi connectivity index (χ4n) is 2.52. The molecular weight excluding hydrogens is 267 g/mol. The summed E-state index contributed by atoms with van der Waals surface area (Å²) < 4.78 is 14.1. The summed E-state index contributed by atoms with van der Waals surface area (Å²) in [6, 6.07) is 7.07. The van der Waals surface area contributed by atoms with Gasteiger partial charge in [0.1, 0.15) is 5.82 Å². The molecule has 1 rings (SSSR count). The number of hydrogen-bond acceptors (Lipinski definition) is 3. The van der Waals surface area contributed by atoms with Crippen molar-refractivity contribution in [3.8, 4) is 0 Å². The third-order valence-electron chi connectivity index (χ3n) is 4.02. The largest absolute Gasteiger partial charge is 0.395 e. The second-order valence-electron chi connectivity index (χ2n) is 5.90. The van der Waals surface area contributed by atoms with Crippen LogP contribution in [-0.2, 0) is 0 Å². The molecule has 0 aliphatic heterocycles. The van der Waals surface area contributed by atoms with Gasteiger partial charge in [0, 0.05) is 24.2 Å². The summed E-state index contributed by atoms with van der Waals surface area (Å²) in [4.78, 5) is 2.12. The number of aliphatic hydroxyl groups excluding tert-OH is 1. The van der Waals surface area contributed by atoms with Gasteiger partial charge in [-0.15, -0.1) is 0 Å². The lowest BCUT2D eigenvalue weighted by atomic mass is 9.93. The zero-order chi connectivity index (χ0) is 15.8. The molecule has 0 spiro atoms. The first-order chi connectivity index (χ1) is 10.0. The molecule has 0 aliphatic rings. The van der Waals surface area contributed by atoms with E-state index in [1.165, 1.54) is 6.07 Å². The maximum absolute atomic E-state index is 14.1. The minimum atomic E-state index is -0.157. The van der Waals surface area contributed by atoms with Crippen molar-refractivity contribution in [3.05, 3.63) is 35.6 Å². The van der Waals surface area contributed by atoms with Crippen molar-refractivity contribution < 1.29 is 9.50 Å². The molecule has 0 aromatic heterocycles. The number of benzene rings is 1. The number of rotatable bonds is 9. The fourth-order valence-corrected chi connectivity index (χ4v) is 2.52. The van der Waals surface area contributed by atoms with Crippen molar-refractivity contribution in [1.29, 1.82) is 0 Å². The van der Waals surface area contributed by atoms with Crippen LogP contribution in [0.25, 0.3) is 0 Å². The summed E-state index contributed by atoms with van der Waals surface area (Å²) in [6.45, 7) is 8.02. The maximum Gasteiger partial charge on any atom is 0.127 e. The smallest absolute Gasteiger partial charge is 0.127 e. The summed E-state index contributed by atoms with van der Waals surface area (Å²) in [5.41, 5.74) is 0.725. The Balaban J connectivity index is 2.84. The third kappa shape index (κ3) is 5.38. The third-order valence-corrected chi connectivity index (χ3v) is 4.02. The topological polar surface area (TPSA) is 35.5 Å². The molecule has 1 aromatic rings. The highest BCUT2D eigenvalue weighted by molar-refractivity contribution is 5.22. The molecule has 3 atom stereocenters. The van der Waals surface area contributed by atoms with Crippen molar-refractivity contribution >= 4 is 0 Å². The molecule has 3 unspecified atom stereocenters. The second kappa shape index (κ2) is 9.13. The minimum Gasteiger partial charge on any atom is -0.395 e. The van der Waals surface area contributed by atoms with Crippen molar-refractivity contribution in [2.75, 3.05) is 26.7 Å². The Morgan fingerprint density at radius 3 is 2.52 bits per heavy atom. The van der Waals surface area contributed by atoms with E-state index in [0.717, 1.165) is 25.1 Å². The van der Waals surface area contributed by atoms with Gasteiger partial charge in [0.2, 0.25) is 0 Å². The van der Waals surface area contributed by atoms with Gasteiger partial charge in [0.05, 0.1) is 6.61 Å². The lowest BCUT2D eigenvalue weighted by molar-refractivity contribution is 0.136. The summed E-state index contributed by atoms with van der Waals surface area (Å²) in [5.74, 6) is 0.0864. The monoisotopic (exact) mass is 296 g/mol. The van der Waals surface area contributed by atoms with Crippen LogP contribution >= 0.6 is 0 Å². The lowest BCUT2D eigenvalue weighted by Gasteiger charge is -2.32. The van der Waals surface area contributed by atoms with Crippen molar-refractivity contribution in [1.82, 2.24) is 10.2 Å². The van der Waals surface area contributed by atoms with Crippen molar-refractivity contribution in [2.24, 2.45) is 5.92 Å².